The van der Waals surface area contributed by atoms with Gasteiger partial charge < -0.3 is 14.7 Å². The molecule has 8 heteroatoms. The molecule has 134 valence electrons. The third-order valence-corrected chi connectivity index (χ3v) is 4.74. The molecule has 1 atom stereocenters. The van der Waals surface area contributed by atoms with Gasteiger partial charge >= 0.3 is 5.97 Å². The van der Waals surface area contributed by atoms with Crippen LogP contribution in [0.15, 0.2) is 12.4 Å². The summed E-state index contributed by atoms with van der Waals surface area (Å²) in [4.78, 5) is 25.9. The minimum absolute atomic E-state index is 0.0429. The first kappa shape index (κ1) is 18.7. The first-order valence-electron chi connectivity index (χ1n) is 8.15. The summed E-state index contributed by atoms with van der Waals surface area (Å²) in [5, 5.41) is 14.3. The standard InChI is InChI=1S/C16H24ClN3O4/c1-24-9-3-6-16(15(22)23)5-2-7-19(12-16)14(21)4-8-20-11-13(17)10-18-20/h10-11H,2-9,12H2,1H3,(H,22,23). The molecule has 1 aliphatic rings. The first-order valence-corrected chi connectivity index (χ1v) is 8.53. The number of piperidine rings is 1. The number of ether oxygens (including phenoxy) is 1. The van der Waals surface area contributed by atoms with Crippen molar-refractivity contribution in [2.75, 3.05) is 26.8 Å². The van der Waals surface area contributed by atoms with E-state index < -0.39 is 11.4 Å². The van der Waals surface area contributed by atoms with Crippen molar-refractivity contribution < 1.29 is 19.4 Å². The molecule has 1 fully saturated rings. The lowest BCUT2D eigenvalue weighted by Gasteiger charge is -2.40. The van der Waals surface area contributed by atoms with Crippen molar-refractivity contribution in [3.63, 3.8) is 0 Å². The van der Waals surface area contributed by atoms with Crippen LogP contribution in [-0.4, -0.2) is 58.5 Å². The number of carbonyl (C=O) groups is 2. The monoisotopic (exact) mass is 357 g/mol. The van der Waals surface area contributed by atoms with Crippen molar-refractivity contribution in [2.24, 2.45) is 5.41 Å². The van der Waals surface area contributed by atoms with Gasteiger partial charge in [0.25, 0.3) is 0 Å². The lowest BCUT2D eigenvalue weighted by Crippen LogP contribution is -2.50. The van der Waals surface area contributed by atoms with E-state index in [2.05, 4.69) is 5.10 Å². The van der Waals surface area contributed by atoms with E-state index in [0.29, 0.717) is 50.4 Å². The molecular weight excluding hydrogens is 334 g/mol. The Morgan fingerprint density at radius 1 is 1.50 bits per heavy atom. The maximum Gasteiger partial charge on any atom is 0.311 e. The predicted molar refractivity (Wildman–Crippen MR) is 88.8 cm³/mol. The fourth-order valence-electron chi connectivity index (χ4n) is 3.21. The smallest absolute Gasteiger partial charge is 0.311 e. The minimum Gasteiger partial charge on any atom is -0.481 e. The Kier molecular flexibility index (Phi) is 6.62. The van der Waals surface area contributed by atoms with Crippen LogP contribution in [0.25, 0.3) is 0 Å². The fourth-order valence-corrected chi connectivity index (χ4v) is 3.37. The number of likely N-dealkylation sites (tertiary alicyclic amines) is 1. The van der Waals surface area contributed by atoms with Crippen LogP contribution >= 0.6 is 11.6 Å². The zero-order valence-corrected chi connectivity index (χ0v) is 14.7. The van der Waals surface area contributed by atoms with Gasteiger partial charge in [0.05, 0.1) is 16.6 Å². The molecule has 24 heavy (non-hydrogen) atoms. The molecule has 0 bridgehead atoms. The second-order valence-corrected chi connectivity index (χ2v) is 6.71. The minimum atomic E-state index is -0.860. The van der Waals surface area contributed by atoms with E-state index in [1.54, 1.807) is 22.9 Å². The number of aliphatic carboxylic acids is 1. The van der Waals surface area contributed by atoms with Gasteiger partial charge in [0, 0.05) is 46.0 Å². The number of carboxylic acids is 1. The van der Waals surface area contributed by atoms with Crippen LogP contribution in [0.4, 0.5) is 0 Å². The number of amides is 1. The normalized spacial score (nSPS) is 21.0. The van der Waals surface area contributed by atoms with Gasteiger partial charge in [0.2, 0.25) is 5.91 Å². The lowest BCUT2D eigenvalue weighted by atomic mass is 9.76. The molecule has 0 spiro atoms. The molecule has 0 aliphatic carbocycles. The molecule has 1 aromatic rings. The van der Waals surface area contributed by atoms with Crippen molar-refractivity contribution >= 4 is 23.5 Å². The van der Waals surface area contributed by atoms with Crippen LogP contribution in [0, 0.1) is 5.41 Å². The SMILES string of the molecule is COCCCC1(C(=O)O)CCCN(C(=O)CCn2cc(Cl)cn2)C1. The Bertz CT molecular complexity index is 577. The number of rotatable bonds is 8. The quantitative estimate of drug-likeness (QED) is 0.720. The van der Waals surface area contributed by atoms with Crippen molar-refractivity contribution in [3.8, 4) is 0 Å². The highest BCUT2D eigenvalue weighted by atomic mass is 35.5. The number of halogens is 1. The molecule has 2 rings (SSSR count). The van der Waals surface area contributed by atoms with Crippen LogP contribution < -0.4 is 0 Å². The highest BCUT2D eigenvalue weighted by Crippen LogP contribution is 2.35. The molecule has 1 aliphatic heterocycles. The summed E-state index contributed by atoms with van der Waals surface area (Å²) in [7, 11) is 1.60. The summed E-state index contributed by atoms with van der Waals surface area (Å²) in [6.45, 7) is 1.84. The van der Waals surface area contributed by atoms with E-state index in [1.807, 2.05) is 0 Å². The summed E-state index contributed by atoms with van der Waals surface area (Å²) < 4.78 is 6.65. The van der Waals surface area contributed by atoms with Gasteiger partial charge in [-0.05, 0) is 25.7 Å². The average Bonchev–Trinajstić information content (AvgIpc) is 2.98. The van der Waals surface area contributed by atoms with E-state index in [9.17, 15) is 14.7 Å². The van der Waals surface area contributed by atoms with Gasteiger partial charge in [0.15, 0.2) is 0 Å². The van der Waals surface area contributed by atoms with E-state index in [1.165, 1.54) is 6.20 Å². The Balaban J connectivity index is 1.94. The number of nitrogens with zero attached hydrogens (tertiary/aromatic N) is 3. The first-order chi connectivity index (χ1) is 11.5. The second kappa shape index (κ2) is 8.48. The Hall–Kier alpha value is -1.60. The van der Waals surface area contributed by atoms with E-state index >= 15 is 0 Å². The molecular formula is C16H24ClN3O4. The van der Waals surface area contributed by atoms with E-state index in [-0.39, 0.29) is 18.9 Å². The number of hydrogen-bond acceptors (Lipinski definition) is 4. The number of aryl methyl sites for hydroxylation is 1. The van der Waals surface area contributed by atoms with Gasteiger partial charge in [-0.25, -0.2) is 0 Å². The number of hydrogen-bond donors (Lipinski definition) is 1. The summed E-state index contributed by atoms with van der Waals surface area (Å²) >= 11 is 5.80. The second-order valence-electron chi connectivity index (χ2n) is 6.27. The molecule has 2 heterocycles. The molecule has 0 saturated carbocycles. The zero-order valence-electron chi connectivity index (χ0n) is 13.9. The Labute approximate surface area is 146 Å². The zero-order chi connectivity index (χ0) is 17.6. The van der Waals surface area contributed by atoms with Crippen molar-refractivity contribution in [1.82, 2.24) is 14.7 Å². The van der Waals surface area contributed by atoms with Crippen LogP contribution in [0.5, 0.6) is 0 Å². The Morgan fingerprint density at radius 2 is 2.29 bits per heavy atom. The van der Waals surface area contributed by atoms with E-state index in [4.69, 9.17) is 16.3 Å². The van der Waals surface area contributed by atoms with Gasteiger partial charge in [-0.1, -0.05) is 11.6 Å². The maximum atomic E-state index is 12.5. The van der Waals surface area contributed by atoms with Crippen LogP contribution in [0.2, 0.25) is 5.02 Å². The van der Waals surface area contributed by atoms with Crippen LogP contribution in [0.1, 0.15) is 32.1 Å². The van der Waals surface area contributed by atoms with Gasteiger partial charge in [-0.2, -0.15) is 5.10 Å². The van der Waals surface area contributed by atoms with Gasteiger partial charge in [-0.15, -0.1) is 0 Å². The molecule has 1 saturated heterocycles. The predicted octanol–water partition coefficient (Wildman–Crippen LogP) is 2.05. The number of carbonyl (C=O) groups excluding carboxylic acids is 1. The summed E-state index contributed by atoms with van der Waals surface area (Å²) in [6, 6.07) is 0. The summed E-state index contributed by atoms with van der Waals surface area (Å²) in [5.41, 5.74) is -0.860. The molecule has 1 N–H and O–H groups in total. The van der Waals surface area contributed by atoms with Crippen molar-refractivity contribution in [2.45, 2.75) is 38.6 Å². The van der Waals surface area contributed by atoms with Crippen molar-refractivity contribution in [1.29, 1.82) is 0 Å². The third kappa shape index (κ3) is 4.70. The van der Waals surface area contributed by atoms with Gasteiger partial charge in [-0.3, -0.25) is 14.3 Å². The molecule has 1 unspecified atom stereocenters. The number of methoxy groups -OCH3 is 1. The topological polar surface area (TPSA) is 84.7 Å². The van der Waals surface area contributed by atoms with Crippen molar-refractivity contribution in [3.05, 3.63) is 17.4 Å². The largest absolute Gasteiger partial charge is 0.481 e. The summed E-state index contributed by atoms with van der Waals surface area (Å²) in [5.74, 6) is -0.867. The molecule has 1 aromatic heterocycles. The highest BCUT2D eigenvalue weighted by molar-refractivity contribution is 6.30. The molecule has 0 aromatic carbocycles. The molecule has 7 nitrogen and oxygen atoms in total. The van der Waals surface area contributed by atoms with Gasteiger partial charge in [0.1, 0.15) is 0 Å². The van der Waals surface area contributed by atoms with E-state index in [0.717, 1.165) is 0 Å². The lowest BCUT2D eigenvalue weighted by molar-refractivity contribution is -0.155. The number of carboxylic acid groups (broad SMARTS) is 1. The third-order valence-electron chi connectivity index (χ3n) is 4.54. The fraction of sp³-hybridized carbons (Fsp3) is 0.688. The molecule has 1 amide bonds. The maximum absolute atomic E-state index is 12.5. The Morgan fingerprint density at radius 3 is 2.92 bits per heavy atom. The van der Waals surface area contributed by atoms with Crippen LogP contribution in [-0.2, 0) is 20.9 Å². The van der Waals surface area contributed by atoms with Crippen LogP contribution in [0.3, 0.4) is 0 Å². The summed E-state index contributed by atoms with van der Waals surface area (Å²) in [6.07, 6.45) is 5.98. The highest BCUT2D eigenvalue weighted by Gasteiger charge is 2.42. The molecule has 0 radical (unpaired) electrons. The number of aromatic nitrogens is 2. The average molecular weight is 358 g/mol.